The van der Waals surface area contributed by atoms with Crippen molar-refractivity contribution in [2.75, 3.05) is 0 Å². The molecule has 0 aliphatic rings. The number of halogens is 2. The molecule has 2 heterocycles. The molecular formula is C24H17Cl2N5O2. The second kappa shape index (κ2) is 10.2. The molecule has 4 aromatic rings. The fraction of sp³-hybridized carbons (Fsp3) is 0.0417. The van der Waals surface area contributed by atoms with Crippen LogP contribution in [0.4, 0.5) is 0 Å². The highest BCUT2D eigenvalue weighted by Gasteiger charge is 2.24. The van der Waals surface area contributed by atoms with Gasteiger partial charge in [0.2, 0.25) is 0 Å². The Morgan fingerprint density at radius 3 is 2.36 bits per heavy atom. The van der Waals surface area contributed by atoms with Crippen LogP contribution in [0.5, 0.6) is 0 Å². The van der Waals surface area contributed by atoms with Gasteiger partial charge in [0.1, 0.15) is 0 Å². The van der Waals surface area contributed by atoms with E-state index in [1.54, 1.807) is 42.6 Å². The number of nitrogens with one attached hydrogen (secondary N) is 1. The fourth-order valence-electron chi connectivity index (χ4n) is 3.06. The minimum absolute atomic E-state index is 0.273. The maximum Gasteiger partial charge on any atom is 0.281 e. The molecule has 1 N–H and O–H groups in total. The summed E-state index contributed by atoms with van der Waals surface area (Å²) in [6.07, 6.45) is 5.91. The maximum atomic E-state index is 13.2. The summed E-state index contributed by atoms with van der Waals surface area (Å²) in [5.41, 5.74) is 3.44. The van der Waals surface area contributed by atoms with E-state index in [0.717, 1.165) is 16.1 Å². The highest BCUT2D eigenvalue weighted by molar-refractivity contribution is 6.30. The van der Waals surface area contributed by atoms with Crippen LogP contribution in [0.15, 0.2) is 84.4 Å². The number of carbonyl (C=O) groups excluding carboxylic acids is 2. The fourth-order valence-corrected chi connectivity index (χ4v) is 3.43. The lowest BCUT2D eigenvalue weighted by molar-refractivity contribution is 0.0622. The van der Waals surface area contributed by atoms with E-state index < -0.39 is 11.8 Å². The van der Waals surface area contributed by atoms with E-state index >= 15 is 0 Å². The van der Waals surface area contributed by atoms with Crippen molar-refractivity contribution in [2.45, 2.75) is 5.88 Å². The van der Waals surface area contributed by atoms with Crippen molar-refractivity contribution in [3.05, 3.63) is 107 Å². The Labute approximate surface area is 199 Å². The molecule has 7 nitrogen and oxygen atoms in total. The summed E-state index contributed by atoms with van der Waals surface area (Å²) in [6.45, 7) is 0. The third kappa shape index (κ3) is 5.16. The number of benzene rings is 2. The number of hydrazone groups is 1. The van der Waals surface area contributed by atoms with Gasteiger partial charge in [-0.3, -0.25) is 19.7 Å². The van der Waals surface area contributed by atoms with E-state index in [-0.39, 0.29) is 5.56 Å². The molecule has 0 unspecified atom stereocenters. The van der Waals surface area contributed by atoms with Crippen molar-refractivity contribution in [3.63, 3.8) is 0 Å². The molecule has 0 atom stereocenters. The second-order valence-corrected chi connectivity index (χ2v) is 7.65. The maximum absolute atomic E-state index is 13.2. The average Bonchev–Trinajstić information content (AvgIpc) is 3.33. The van der Waals surface area contributed by atoms with Gasteiger partial charge in [-0.2, -0.15) is 15.2 Å². The van der Waals surface area contributed by atoms with Crippen LogP contribution in [0, 0.1) is 0 Å². The minimum atomic E-state index is -0.590. The SMILES string of the molecule is O=C(c1ccncc1)N(/N=C/c1cn[nH]c1-c1cccc(Cl)c1)C(=O)c1ccc(CCl)cc1. The first-order valence-corrected chi connectivity index (χ1v) is 10.7. The molecule has 2 amide bonds. The van der Waals surface area contributed by atoms with Gasteiger partial charge < -0.3 is 0 Å². The zero-order chi connectivity index (χ0) is 23.2. The van der Waals surface area contributed by atoms with Crippen molar-refractivity contribution in [3.8, 4) is 11.3 Å². The zero-order valence-corrected chi connectivity index (χ0v) is 18.7. The average molecular weight is 478 g/mol. The summed E-state index contributed by atoms with van der Waals surface area (Å²) in [7, 11) is 0. The standard InChI is InChI=1S/C24H17Cl2N5O2/c25-13-16-4-6-17(7-5-16)23(32)31(24(33)18-8-10-27-11-9-18)29-15-20-14-28-30-22(20)19-2-1-3-21(26)12-19/h1-12,14-15H,13H2,(H,28,30)/b29-15+. The number of H-pyrrole nitrogens is 1. The van der Waals surface area contributed by atoms with E-state index in [1.807, 2.05) is 12.1 Å². The smallest absolute Gasteiger partial charge is 0.277 e. The molecule has 0 saturated carbocycles. The molecule has 4 rings (SSSR count). The van der Waals surface area contributed by atoms with Crippen molar-refractivity contribution < 1.29 is 9.59 Å². The van der Waals surface area contributed by atoms with Gasteiger partial charge in [-0.1, -0.05) is 35.9 Å². The first kappa shape index (κ1) is 22.4. The normalized spacial score (nSPS) is 11.0. The van der Waals surface area contributed by atoms with Crippen LogP contribution in [0.25, 0.3) is 11.3 Å². The van der Waals surface area contributed by atoms with Crippen LogP contribution < -0.4 is 0 Å². The minimum Gasteiger partial charge on any atom is -0.277 e. The molecule has 2 aromatic carbocycles. The zero-order valence-electron chi connectivity index (χ0n) is 17.2. The van der Waals surface area contributed by atoms with Gasteiger partial charge in [-0.25, -0.2) is 0 Å². The van der Waals surface area contributed by atoms with E-state index in [9.17, 15) is 9.59 Å². The van der Waals surface area contributed by atoms with E-state index in [1.165, 1.54) is 30.7 Å². The number of hydrogen-bond acceptors (Lipinski definition) is 5. The predicted octanol–water partition coefficient (Wildman–Crippen LogP) is 5.18. The number of carbonyl (C=O) groups is 2. The van der Waals surface area contributed by atoms with Crippen LogP contribution in [-0.2, 0) is 5.88 Å². The Balaban J connectivity index is 1.70. The number of pyridine rings is 1. The third-order valence-corrected chi connectivity index (χ3v) is 5.31. The lowest BCUT2D eigenvalue weighted by Gasteiger charge is -2.15. The number of aromatic amines is 1. The molecule has 0 bridgehead atoms. The van der Waals surface area contributed by atoms with Gasteiger partial charge in [0, 0.05) is 45.6 Å². The number of alkyl halides is 1. The Kier molecular flexibility index (Phi) is 6.92. The number of imide groups is 1. The molecule has 2 aromatic heterocycles. The van der Waals surface area contributed by atoms with Gasteiger partial charge in [0.15, 0.2) is 0 Å². The molecule has 164 valence electrons. The second-order valence-electron chi connectivity index (χ2n) is 6.94. The quantitative estimate of drug-likeness (QED) is 0.179. The van der Waals surface area contributed by atoms with Crippen LogP contribution in [0.3, 0.4) is 0 Å². The molecular weight excluding hydrogens is 461 g/mol. The number of hydrogen-bond donors (Lipinski definition) is 1. The molecule has 0 saturated heterocycles. The Bertz CT molecular complexity index is 1300. The number of nitrogens with zero attached hydrogens (tertiary/aromatic N) is 4. The van der Waals surface area contributed by atoms with Crippen molar-refractivity contribution in [1.82, 2.24) is 20.2 Å². The Morgan fingerprint density at radius 1 is 1.00 bits per heavy atom. The molecule has 33 heavy (non-hydrogen) atoms. The van der Waals surface area contributed by atoms with E-state index in [2.05, 4.69) is 20.3 Å². The van der Waals surface area contributed by atoms with Crippen molar-refractivity contribution >= 4 is 41.2 Å². The summed E-state index contributed by atoms with van der Waals surface area (Å²) in [5, 5.41) is 12.6. The molecule has 0 radical (unpaired) electrons. The first-order valence-electron chi connectivity index (χ1n) is 9.84. The summed E-state index contributed by atoms with van der Waals surface area (Å²) in [4.78, 5) is 30.3. The lowest BCUT2D eigenvalue weighted by atomic mass is 10.1. The number of amides is 2. The number of rotatable bonds is 6. The topological polar surface area (TPSA) is 91.3 Å². The molecule has 0 spiro atoms. The van der Waals surface area contributed by atoms with Crippen LogP contribution in [0.1, 0.15) is 31.8 Å². The first-order chi connectivity index (χ1) is 16.1. The van der Waals surface area contributed by atoms with Crippen LogP contribution >= 0.6 is 23.2 Å². The Hall–Kier alpha value is -3.81. The van der Waals surface area contributed by atoms with Gasteiger partial charge >= 0.3 is 0 Å². The van der Waals surface area contributed by atoms with Gasteiger partial charge in [0.05, 0.1) is 18.1 Å². The summed E-state index contributed by atoms with van der Waals surface area (Å²) in [5.74, 6) is -0.853. The van der Waals surface area contributed by atoms with Crippen molar-refractivity contribution in [2.24, 2.45) is 5.10 Å². The van der Waals surface area contributed by atoms with Gasteiger partial charge in [-0.05, 0) is 42.0 Å². The summed E-state index contributed by atoms with van der Waals surface area (Å²) in [6, 6.07) is 16.9. The Morgan fingerprint density at radius 2 is 1.70 bits per heavy atom. The van der Waals surface area contributed by atoms with E-state index in [0.29, 0.717) is 27.7 Å². The molecule has 0 aliphatic carbocycles. The molecule has 9 heteroatoms. The van der Waals surface area contributed by atoms with E-state index in [4.69, 9.17) is 23.2 Å². The van der Waals surface area contributed by atoms with Gasteiger partial charge in [-0.15, -0.1) is 11.6 Å². The highest BCUT2D eigenvalue weighted by Crippen LogP contribution is 2.23. The van der Waals surface area contributed by atoms with Gasteiger partial charge in [0.25, 0.3) is 11.8 Å². The molecule has 0 fully saturated rings. The largest absolute Gasteiger partial charge is 0.281 e. The van der Waals surface area contributed by atoms with Crippen molar-refractivity contribution in [1.29, 1.82) is 0 Å². The monoisotopic (exact) mass is 477 g/mol. The highest BCUT2D eigenvalue weighted by atomic mass is 35.5. The third-order valence-electron chi connectivity index (χ3n) is 4.76. The summed E-state index contributed by atoms with van der Waals surface area (Å²) >= 11 is 11.9. The lowest BCUT2D eigenvalue weighted by Crippen LogP contribution is -2.32. The predicted molar refractivity (Wildman–Crippen MR) is 127 cm³/mol. The van der Waals surface area contributed by atoms with Crippen LogP contribution in [-0.4, -0.2) is 38.2 Å². The summed E-state index contributed by atoms with van der Waals surface area (Å²) < 4.78 is 0. The number of aromatic nitrogens is 3. The molecule has 0 aliphatic heterocycles. The van der Waals surface area contributed by atoms with Crippen LogP contribution in [0.2, 0.25) is 5.02 Å².